The van der Waals surface area contributed by atoms with Crippen LogP contribution < -0.4 is 11.0 Å². The first-order valence-electron chi connectivity index (χ1n) is 10.6. The Morgan fingerprint density at radius 3 is 2.35 bits per heavy atom. The van der Waals surface area contributed by atoms with Gasteiger partial charge < -0.3 is 5.32 Å². The van der Waals surface area contributed by atoms with Crippen molar-refractivity contribution in [3.05, 3.63) is 120 Å². The normalized spacial score (nSPS) is 10.8. The molecule has 0 saturated carbocycles. The Balaban J connectivity index is 1.57. The van der Waals surface area contributed by atoms with Gasteiger partial charge in [-0.05, 0) is 66.7 Å². The fraction of sp³-hybridized carbons (Fsp3) is 0. The van der Waals surface area contributed by atoms with Crippen LogP contribution in [0.5, 0.6) is 0 Å². The summed E-state index contributed by atoms with van der Waals surface area (Å²) in [6.07, 6.45) is 4.55. The molecule has 7 heteroatoms. The Labute approximate surface area is 200 Å². The average molecular weight is 465 g/mol. The summed E-state index contributed by atoms with van der Waals surface area (Å²) in [5.74, 6) is -0.315. The van der Waals surface area contributed by atoms with Crippen molar-refractivity contribution in [2.24, 2.45) is 0 Å². The molecule has 0 aliphatic rings. The third kappa shape index (κ3) is 4.16. The summed E-state index contributed by atoms with van der Waals surface area (Å²) in [7, 11) is 0. The quantitative estimate of drug-likeness (QED) is 0.339. The van der Waals surface area contributed by atoms with Gasteiger partial charge in [0.1, 0.15) is 0 Å². The van der Waals surface area contributed by atoms with Crippen molar-refractivity contribution in [3.63, 3.8) is 0 Å². The number of imidazole rings is 1. The minimum atomic E-state index is -0.315. The molecule has 2 heterocycles. The summed E-state index contributed by atoms with van der Waals surface area (Å²) < 4.78 is 3.27. The molecule has 0 bridgehead atoms. The second-order valence-corrected chi connectivity index (χ2v) is 8.62. The highest BCUT2D eigenvalue weighted by Gasteiger charge is 2.16. The molecule has 1 amide bonds. The predicted octanol–water partition coefficient (Wildman–Crippen LogP) is 5.45. The van der Waals surface area contributed by atoms with Crippen molar-refractivity contribution in [2.75, 3.05) is 5.32 Å². The summed E-state index contributed by atoms with van der Waals surface area (Å²) in [6.45, 7) is 3.48. The van der Waals surface area contributed by atoms with Crippen molar-refractivity contribution >= 4 is 34.4 Å². The van der Waals surface area contributed by atoms with Gasteiger partial charge in [-0.25, -0.2) is 4.79 Å². The van der Waals surface area contributed by atoms with Gasteiger partial charge in [0.2, 0.25) is 5.91 Å². The Bertz CT molecular complexity index is 1550. The number of anilines is 1. The topological polar surface area (TPSA) is 68.9 Å². The zero-order valence-electron chi connectivity index (χ0n) is 18.1. The molecule has 6 nitrogen and oxygen atoms in total. The molecule has 5 rings (SSSR count). The zero-order valence-corrected chi connectivity index (χ0v) is 18.9. The van der Waals surface area contributed by atoms with Gasteiger partial charge in [-0.1, -0.05) is 42.6 Å². The van der Waals surface area contributed by atoms with Crippen molar-refractivity contribution in [3.8, 4) is 11.4 Å². The summed E-state index contributed by atoms with van der Waals surface area (Å²) in [5.41, 5.74) is 3.14. The van der Waals surface area contributed by atoms with Crippen LogP contribution in [0.1, 0.15) is 0 Å². The Kier molecular flexibility index (Phi) is 5.84. The number of fused-ring (bicyclic) bond motifs is 1. The number of nitrogens with one attached hydrogen (secondary N) is 1. The maximum Gasteiger partial charge on any atom is 0.338 e. The van der Waals surface area contributed by atoms with Gasteiger partial charge in [0, 0.05) is 21.7 Å². The van der Waals surface area contributed by atoms with Gasteiger partial charge in [0.25, 0.3) is 0 Å². The first kappa shape index (κ1) is 21.5. The lowest BCUT2D eigenvalue weighted by atomic mass is 10.2. The van der Waals surface area contributed by atoms with Crippen molar-refractivity contribution in [2.45, 2.75) is 9.79 Å². The monoisotopic (exact) mass is 464 g/mol. The van der Waals surface area contributed by atoms with Gasteiger partial charge >= 0.3 is 5.69 Å². The molecule has 1 N–H and O–H groups in total. The van der Waals surface area contributed by atoms with Crippen LogP contribution in [0.3, 0.4) is 0 Å². The molecule has 3 aromatic carbocycles. The van der Waals surface area contributed by atoms with E-state index in [9.17, 15) is 9.59 Å². The standard InChI is InChI=1S/C27H20N4O2S/c1-2-26(32)29-19-7-6-8-21(17-19)31-24-15-16-28-18-25(24)30(27(31)33)20-11-13-23(14-12-20)34-22-9-4-3-5-10-22/h2-18H,1H2,(H,29,32). The van der Waals surface area contributed by atoms with E-state index >= 15 is 0 Å². The maximum atomic E-state index is 13.6. The maximum absolute atomic E-state index is 13.6. The molecule has 2 aromatic heterocycles. The van der Waals surface area contributed by atoms with E-state index < -0.39 is 0 Å². The lowest BCUT2D eigenvalue weighted by Gasteiger charge is -2.07. The molecule has 0 spiro atoms. The minimum Gasteiger partial charge on any atom is -0.322 e. The molecule has 34 heavy (non-hydrogen) atoms. The average Bonchev–Trinajstić information content (AvgIpc) is 3.17. The number of carbonyl (C=O) groups excluding carboxylic acids is 1. The number of benzene rings is 3. The fourth-order valence-corrected chi connectivity index (χ4v) is 4.59. The first-order chi connectivity index (χ1) is 16.6. The minimum absolute atomic E-state index is 0.223. The van der Waals surface area contributed by atoms with Crippen LogP contribution in [0.2, 0.25) is 0 Å². The molecule has 0 atom stereocenters. The molecule has 0 aliphatic heterocycles. The third-order valence-corrected chi connectivity index (χ3v) is 6.29. The smallest absolute Gasteiger partial charge is 0.322 e. The molecular weight excluding hydrogens is 444 g/mol. The molecule has 0 saturated heterocycles. The highest BCUT2D eigenvalue weighted by atomic mass is 32.2. The van der Waals surface area contributed by atoms with Gasteiger partial charge in [-0.3, -0.25) is 18.9 Å². The van der Waals surface area contributed by atoms with E-state index in [1.165, 1.54) is 6.08 Å². The molecule has 0 unspecified atom stereocenters. The second kappa shape index (κ2) is 9.25. The lowest BCUT2D eigenvalue weighted by Crippen LogP contribution is -2.22. The Morgan fingerprint density at radius 1 is 0.853 bits per heavy atom. The summed E-state index contributed by atoms with van der Waals surface area (Å²) in [4.78, 5) is 31.8. The van der Waals surface area contributed by atoms with E-state index in [0.717, 1.165) is 21.0 Å². The Hall–Kier alpha value is -4.36. The number of carbonyl (C=O) groups is 1. The number of rotatable bonds is 6. The van der Waals surface area contributed by atoms with Crippen LogP contribution in [-0.2, 0) is 4.79 Å². The molecule has 0 fully saturated rings. The molecule has 0 radical (unpaired) electrons. The van der Waals surface area contributed by atoms with Gasteiger partial charge in [-0.15, -0.1) is 0 Å². The van der Waals surface area contributed by atoms with Crippen LogP contribution in [0, 0.1) is 0 Å². The number of aromatic nitrogens is 3. The number of hydrogen-bond acceptors (Lipinski definition) is 4. The summed E-state index contributed by atoms with van der Waals surface area (Å²) >= 11 is 1.66. The van der Waals surface area contributed by atoms with Crippen LogP contribution in [-0.4, -0.2) is 20.0 Å². The Morgan fingerprint density at radius 2 is 1.59 bits per heavy atom. The van der Waals surface area contributed by atoms with E-state index in [0.29, 0.717) is 16.9 Å². The van der Waals surface area contributed by atoms with Crippen molar-refractivity contribution in [1.82, 2.24) is 14.1 Å². The van der Waals surface area contributed by atoms with Crippen LogP contribution in [0.15, 0.2) is 125 Å². The SMILES string of the molecule is C=CC(=O)Nc1cccc(-n2c(=O)n(-c3ccc(Sc4ccccc4)cc3)c3cnccc32)c1. The van der Waals surface area contributed by atoms with Crippen LogP contribution in [0.4, 0.5) is 5.69 Å². The van der Waals surface area contributed by atoms with Crippen LogP contribution in [0.25, 0.3) is 22.4 Å². The summed E-state index contributed by atoms with van der Waals surface area (Å²) in [5, 5.41) is 2.74. The second-order valence-electron chi connectivity index (χ2n) is 7.47. The number of pyridine rings is 1. The van der Waals surface area contributed by atoms with Crippen LogP contribution >= 0.6 is 11.8 Å². The number of amides is 1. The van der Waals surface area contributed by atoms with E-state index in [2.05, 4.69) is 29.0 Å². The third-order valence-electron chi connectivity index (χ3n) is 5.27. The molecular formula is C27H20N4O2S. The van der Waals surface area contributed by atoms with E-state index in [1.54, 1.807) is 51.5 Å². The van der Waals surface area contributed by atoms with Gasteiger partial charge in [0.05, 0.1) is 28.6 Å². The highest BCUT2D eigenvalue weighted by Crippen LogP contribution is 2.29. The number of hydrogen-bond donors (Lipinski definition) is 1. The van der Waals surface area contributed by atoms with Crippen molar-refractivity contribution in [1.29, 1.82) is 0 Å². The molecule has 166 valence electrons. The van der Waals surface area contributed by atoms with Gasteiger partial charge in [-0.2, -0.15) is 0 Å². The first-order valence-corrected chi connectivity index (χ1v) is 11.4. The highest BCUT2D eigenvalue weighted by molar-refractivity contribution is 7.99. The lowest BCUT2D eigenvalue weighted by molar-refractivity contribution is -0.111. The summed E-state index contributed by atoms with van der Waals surface area (Å²) in [6, 6.07) is 27.0. The zero-order chi connectivity index (χ0) is 23.5. The predicted molar refractivity (Wildman–Crippen MR) is 136 cm³/mol. The van der Waals surface area contributed by atoms with Crippen molar-refractivity contribution < 1.29 is 4.79 Å². The molecule has 0 aliphatic carbocycles. The largest absolute Gasteiger partial charge is 0.338 e. The molecule has 5 aromatic rings. The number of nitrogens with zero attached hydrogens (tertiary/aromatic N) is 3. The van der Waals surface area contributed by atoms with E-state index in [1.807, 2.05) is 54.6 Å². The van der Waals surface area contributed by atoms with E-state index in [4.69, 9.17) is 0 Å². The van der Waals surface area contributed by atoms with Gasteiger partial charge in [0.15, 0.2) is 0 Å². The fourth-order valence-electron chi connectivity index (χ4n) is 3.75. The van der Waals surface area contributed by atoms with E-state index in [-0.39, 0.29) is 11.6 Å².